The second-order valence-corrected chi connectivity index (χ2v) is 4.47. The molecule has 0 spiro atoms. The minimum Gasteiger partial charge on any atom is -0.376 e. The van der Waals surface area contributed by atoms with Crippen LogP contribution in [0.25, 0.3) is 0 Å². The first-order valence-electron chi connectivity index (χ1n) is 5.59. The van der Waals surface area contributed by atoms with Crippen LogP contribution in [0, 0.1) is 0 Å². The lowest BCUT2D eigenvalue weighted by atomic mass is 10.2. The van der Waals surface area contributed by atoms with Crippen molar-refractivity contribution in [2.24, 2.45) is 0 Å². The van der Waals surface area contributed by atoms with Gasteiger partial charge in [0.1, 0.15) is 6.10 Å². The third-order valence-electron chi connectivity index (χ3n) is 2.22. The fraction of sp³-hybridized carbons (Fsp3) is 1.00. The zero-order valence-electron chi connectivity index (χ0n) is 9.97. The van der Waals surface area contributed by atoms with E-state index in [1.54, 1.807) is 0 Å². The molecule has 1 aliphatic rings. The topological polar surface area (TPSA) is 47.9 Å². The lowest BCUT2D eigenvalue weighted by molar-refractivity contribution is -0.128. The van der Waals surface area contributed by atoms with Crippen LogP contribution in [-0.2, 0) is 14.2 Å². The fourth-order valence-electron chi connectivity index (χ4n) is 1.62. The average molecular weight is 218 g/mol. The van der Waals surface area contributed by atoms with E-state index in [0.717, 1.165) is 0 Å². The number of aliphatic hydroxyl groups is 1. The molecular formula is C11H22O4. The highest BCUT2D eigenvalue weighted by atomic mass is 16.6. The van der Waals surface area contributed by atoms with Crippen LogP contribution in [0.4, 0.5) is 0 Å². The Labute approximate surface area is 91.5 Å². The first-order valence-corrected chi connectivity index (χ1v) is 5.59. The van der Waals surface area contributed by atoms with E-state index in [1.807, 2.05) is 27.7 Å². The predicted molar refractivity (Wildman–Crippen MR) is 56.6 cm³/mol. The zero-order chi connectivity index (χ0) is 11.4. The van der Waals surface area contributed by atoms with E-state index in [9.17, 15) is 5.11 Å². The SMILES string of the molecule is CC(C)OCC1OC(O)CC1OC(C)C. The third-order valence-corrected chi connectivity index (χ3v) is 2.22. The van der Waals surface area contributed by atoms with Crippen molar-refractivity contribution in [2.75, 3.05) is 6.61 Å². The summed E-state index contributed by atoms with van der Waals surface area (Å²) >= 11 is 0. The summed E-state index contributed by atoms with van der Waals surface area (Å²) in [6, 6.07) is 0. The molecule has 4 nitrogen and oxygen atoms in total. The van der Waals surface area contributed by atoms with Crippen molar-refractivity contribution in [1.29, 1.82) is 0 Å². The van der Waals surface area contributed by atoms with Gasteiger partial charge in [0, 0.05) is 6.42 Å². The second kappa shape index (κ2) is 5.80. The number of hydrogen-bond acceptors (Lipinski definition) is 4. The molecule has 1 rings (SSSR count). The summed E-state index contributed by atoms with van der Waals surface area (Å²) < 4.78 is 16.5. The smallest absolute Gasteiger partial charge is 0.157 e. The normalized spacial score (nSPS) is 31.8. The van der Waals surface area contributed by atoms with E-state index in [0.29, 0.717) is 13.0 Å². The molecule has 1 fully saturated rings. The van der Waals surface area contributed by atoms with Gasteiger partial charge in [0.15, 0.2) is 6.29 Å². The molecule has 1 saturated heterocycles. The van der Waals surface area contributed by atoms with Gasteiger partial charge < -0.3 is 19.3 Å². The number of aliphatic hydroxyl groups excluding tert-OH is 1. The van der Waals surface area contributed by atoms with E-state index in [4.69, 9.17) is 14.2 Å². The quantitative estimate of drug-likeness (QED) is 0.756. The van der Waals surface area contributed by atoms with Gasteiger partial charge in [-0.25, -0.2) is 0 Å². The average Bonchev–Trinajstić information content (AvgIpc) is 2.41. The van der Waals surface area contributed by atoms with Gasteiger partial charge in [-0.05, 0) is 27.7 Å². The molecule has 0 saturated carbocycles. The Morgan fingerprint density at radius 1 is 1.27 bits per heavy atom. The van der Waals surface area contributed by atoms with Crippen molar-refractivity contribution < 1.29 is 19.3 Å². The van der Waals surface area contributed by atoms with Crippen molar-refractivity contribution in [3.8, 4) is 0 Å². The maximum absolute atomic E-state index is 9.39. The molecule has 0 bridgehead atoms. The molecule has 0 aromatic rings. The van der Waals surface area contributed by atoms with Gasteiger partial charge in [-0.3, -0.25) is 0 Å². The van der Waals surface area contributed by atoms with E-state index >= 15 is 0 Å². The molecule has 1 N–H and O–H groups in total. The van der Waals surface area contributed by atoms with Gasteiger partial charge >= 0.3 is 0 Å². The van der Waals surface area contributed by atoms with Gasteiger partial charge in [-0.15, -0.1) is 0 Å². The molecule has 1 aliphatic heterocycles. The molecule has 0 aromatic heterocycles. The maximum atomic E-state index is 9.39. The zero-order valence-corrected chi connectivity index (χ0v) is 9.97. The summed E-state index contributed by atoms with van der Waals surface area (Å²) in [5.74, 6) is 0. The lowest BCUT2D eigenvalue weighted by Crippen LogP contribution is -2.32. The summed E-state index contributed by atoms with van der Waals surface area (Å²) in [5, 5.41) is 9.39. The maximum Gasteiger partial charge on any atom is 0.157 e. The van der Waals surface area contributed by atoms with Crippen molar-refractivity contribution in [2.45, 2.75) is 64.8 Å². The van der Waals surface area contributed by atoms with Gasteiger partial charge in [0.2, 0.25) is 0 Å². The summed E-state index contributed by atoms with van der Waals surface area (Å²) in [5.41, 5.74) is 0. The van der Waals surface area contributed by atoms with Gasteiger partial charge in [-0.1, -0.05) is 0 Å². The van der Waals surface area contributed by atoms with Crippen LogP contribution in [0.15, 0.2) is 0 Å². The monoisotopic (exact) mass is 218 g/mol. The molecule has 1 heterocycles. The Hall–Kier alpha value is -0.160. The minimum atomic E-state index is -0.713. The Kier molecular flexibility index (Phi) is 4.99. The number of rotatable bonds is 5. The fourth-order valence-corrected chi connectivity index (χ4v) is 1.62. The van der Waals surface area contributed by atoms with Crippen LogP contribution < -0.4 is 0 Å². The Morgan fingerprint density at radius 2 is 1.93 bits per heavy atom. The summed E-state index contributed by atoms with van der Waals surface area (Å²) in [4.78, 5) is 0. The van der Waals surface area contributed by atoms with E-state index in [2.05, 4.69) is 0 Å². The van der Waals surface area contributed by atoms with Gasteiger partial charge in [0.25, 0.3) is 0 Å². The van der Waals surface area contributed by atoms with E-state index < -0.39 is 6.29 Å². The molecular weight excluding hydrogens is 196 g/mol. The van der Waals surface area contributed by atoms with Crippen LogP contribution in [-0.4, -0.2) is 42.4 Å². The number of ether oxygens (including phenoxy) is 3. The predicted octanol–water partition coefficient (Wildman–Crippen LogP) is 1.31. The van der Waals surface area contributed by atoms with Crippen molar-refractivity contribution >= 4 is 0 Å². The van der Waals surface area contributed by atoms with Crippen LogP contribution >= 0.6 is 0 Å². The molecule has 3 unspecified atom stereocenters. The summed E-state index contributed by atoms with van der Waals surface area (Å²) in [7, 11) is 0. The molecule has 0 radical (unpaired) electrons. The molecule has 0 aromatic carbocycles. The van der Waals surface area contributed by atoms with Crippen LogP contribution in [0.5, 0.6) is 0 Å². The van der Waals surface area contributed by atoms with Crippen LogP contribution in [0.3, 0.4) is 0 Å². The minimum absolute atomic E-state index is 0.0567. The molecule has 90 valence electrons. The molecule has 3 atom stereocenters. The molecule has 0 aliphatic carbocycles. The molecule has 0 amide bonds. The van der Waals surface area contributed by atoms with Gasteiger partial charge in [-0.2, -0.15) is 0 Å². The van der Waals surface area contributed by atoms with Crippen molar-refractivity contribution in [1.82, 2.24) is 0 Å². The van der Waals surface area contributed by atoms with E-state index in [1.165, 1.54) is 0 Å². The first kappa shape index (κ1) is 12.9. The third kappa shape index (κ3) is 4.47. The van der Waals surface area contributed by atoms with Crippen LogP contribution in [0.2, 0.25) is 0 Å². The number of hydrogen-bond donors (Lipinski definition) is 1. The summed E-state index contributed by atoms with van der Waals surface area (Å²) in [6.45, 7) is 8.38. The first-order chi connectivity index (χ1) is 6.99. The molecule has 4 heteroatoms. The van der Waals surface area contributed by atoms with Crippen LogP contribution in [0.1, 0.15) is 34.1 Å². The van der Waals surface area contributed by atoms with Gasteiger partial charge in [0.05, 0.1) is 24.9 Å². The van der Waals surface area contributed by atoms with Crippen molar-refractivity contribution in [3.63, 3.8) is 0 Å². The highest BCUT2D eigenvalue weighted by Crippen LogP contribution is 2.23. The Bertz CT molecular complexity index is 181. The highest BCUT2D eigenvalue weighted by molar-refractivity contribution is 4.79. The Morgan fingerprint density at radius 3 is 2.47 bits per heavy atom. The summed E-state index contributed by atoms with van der Waals surface area (Å²) in [6.07, 6.45) is -0.0702. The highest BCUT2D eigenvalue weighted by Gasteiger charge is 2.35. The Balaban J connectivity index is 2.38. The van der Waals surface area contributed by atoms with Crippen molar-refractivity contribution in [3.05, 3.63) is 0 Å². The largest absolute Gasteiger partial charge is 0.376 e. The molecule has 15 heavy (non-hydrogen) atoms. The van der Waals surface area contributed by atoms with E-state index in [-0.39, 0.29) is 24.4 Å². The standard InChI is InChI=1S/C11H22O4/c1-7(2)13-6-10-9(14-8(3)4)5-11(12)15-10/h7-12H,5-6H2,1-4H3. The second-order valence-electron chi connectivity index (χ2n) is 4.47. The lowest BCUT2D eigenvalue weighted by Gasteiger charge is -2.21.